The van der Waals surface area contributed by atoms with Gasteiger partial charge < -0.3 is 15.6 Å². The number of fused-ring (bicyclic) bond motifs is 1. The van der Waals surface area contributed by atoms with Gasteiger partial charge in [-0.15, -0.1) is 0 Å². The van der Waals surface area contributed by atoms with Crippen LogP contribution in [0.2, 0.25) is 0 Å². The van der Waals surface area contributed by atoms with E-state index in [0.717, 1.165) is 22.0 Å². The van der Waals surface area contributed by atoms with Crippen LogP contribution in [0.4, 0.5) is 0 Å². The minimum atomic E-state index is -0.329. The van der Waals surface area contributed by atoms with Gasteiger partial charge in [0, 0.05) is 34.8 Å². The SMILES string of the molecule is O=C(NCCc1ccccc1)/C(=C\c1c[nH]c2ccccc12)NC(=O)c1ccccc1. The fourth-order valence-electron chi connectivity index (χ4n) is 3.37. The molecule has 2 amide bonds. The first-order valence-corrected chi connectivity index (χ1v) is 10.2. The number of nitrogens with one attached hydrogen (secondary N) is 3. The van der Waals surface area contributed by atoms with E-state index >= 15 is 0 Å². The summed E-state index contributed by atoms with van der Waals surface area (Å²) in [5.41, 5.74) is 3.62. The van der Waals surface area contributed by atoms with Crippen LogP contribution in [-0.4, -0.2) is 23.3 Å². The van der Waals surface area contributed by atoms with Gasteiger partial charge in [-0.3, -0.25) is 9.59 Å². The van der Waals surface area contributed by atoms with Crippen molar-refractivity contribution in [2.24, 2.45) is 0 Å². The van der Waals surface area contributed by atoms with E-state index in [1.165, 1.54) is 0 Å². The number of benzene rings is 3. The Morgan fingerprint density at radius 1 is 0.839 bits per heavy atom. The first kappa shape index (κ1) is 20.2. The number of H-pyrrole nitrogens is 1. The highest BCUT2D eigenvalue weighted by Gasteiger charge is 2.15. The van der Waals surface area contributed by atoms with Gasteiger partial charge >= 0.3 is 0 Å². The standard InChI is InChI=1S/C26H23N3O2/c30-25(20-11-5-2-6-12-20)29-24(17-21-18-28-23-14-8-7-13-22(21)23)26(31)27-16-15-19-9-3-1-4-10-19/h1-14,17-18,28H,15-16H2,(H,27,31)(H,29,30)/b24-17+. The molecule has 0 saturated carbocycles. The zero-order valence-corrected chi connectivity index (χ0v) is 17.0. The number of amides is 2. The average Bonchev–Trinajstić information content (AvgIpc) is 3.22. The number of aromatic nitrogens is 1. The number of para-hydroxylation sites is 1. The van der Waals surface area contributed by atoms with Crippen LogP contribution in [0.15, 0.2) is 96.8 Å². The zero-order chi connectivity index (χ0) is 21.5. The molecule has 0 aliphatic rings. The van der Waals surface area contributed by atoms with Crippen LogP contribution in [0.3, 0.4) is 0 Å². The van der Waals surface area contributed by atoms with Gasteiger partial charge in [0.2, 0.25) is 0 Å². The van der Waals surface area contributed by atoms with Crippen LogP contribution in [0.25, 0.3) is 17.0 Å². The Hall–Kier alpha value is -4.12. The third-order valence-electron chi connectivity index (χ3n) is 4.99. The number of carbonyl (C=O) groups excluding carboxylic acids is 2. The van der Waals surface area contributed by atoms with Gasteiger partial charge in [0.25, 0.3) is 11.8 Å². The largest absolute Gasteiger partial charge is 0.361 e. The molecule has 0 fully saturated rings. The number of hydrogen-bond donors (Lipinski definition) is 3. The minimum absolute atomic E-state index is 0.201. The van der Waals surface area contributed by atoms with Crippen molar-refractivity contribution in [3.63, 3.8) is 0 Å². The normalized spacial score (nSPS) is 11.3. The highest BCUT2D eigenvalue weighted by molar-refractivity contribution is 6.06. The van der Waals surface area contributed by atoms with Gasteiger partial charge in [0.15, 0.2) is 0 Å². The van der Waals surface area contributed by atoms with Crippen molar-refractivity contribution in [2.75, 3.05) is 6.54 Å². The van der Waals surface area contributed by atoms with Crippen molar-refractivity contribution in [3.05, 3.63) is 114 Å². The maximum atomic E-state index is 13.0. The van der Waals surface area contributed by atoms with Gasteiger partial charge in [0.05, 0.1) is 0 Å². The third kappa shape index (κ3) is 5.08. The lowest BCUT2D eigenvalue weighted by molar-refractivity contribution is -0.117. The van der Waals surface area contributed by atoms with Crippen molar-refractivity contribution < 1.29 is 9.59 Å². The molecule has 4 aromatic rings. The van der Waals surface area contributed by atoms with Crippen molar-refractivity contribution >= 4 is 28.8 Å². The second kappa shape index (κ2) is 9.59. The number of aromatic amines is 1. The molecule has 0 radical (unpaired) electrons. The van der Waals surface area contributed by atoms with Gasteiger partial charge in [-0.2, -0.15) is 0 Å². The Kier molecular flexibility index (Phi) is 6.24. The monoisotopic (exact) mass is 409 g/mol. The molecular formula is C26H23N3O2. The fourth-order valence-corrected chi connectivity index (χ4v) is 3.37. The number of carbonyl (C=O) groups is 2. The molecule has 154 valence electrons. The second-order valence-corrected chi connectivity index (χ2v) is 7.16. The molecule has 3 aromatic carbocycles. The molecule has 0 spiro atoms. The van der Waals surface area contributed by atoms with E-state index in [2.05, 4.69) is 15.6 Å². The van der Waals surface area contributed by atoms with E-state index < -0.39 is 0 Å². The van der Waals surface area contributed by atoms with E-state index in [9.17, 15) is 9.59 Å². The van der Waals surface area contributed by atoms with Crippen molar-refractivity contribution in [1.82, 2.24) is 15.6 Å². The van der Waals surface area contributed by atoms with Crippen LogP contribution in [-0.2, 0) is 11.2 Å². The predicted molar refractivity (Wildman–Crippen MR) is 123 cm³/mol. The van der Waals surface area contributed by atoms with Crippen LogP contribution in [0, 0.1) is 0 Å². The Morgan fingerprint density at radius 3 is 2.29 bits per heavy atom. The lowest BCUT2D eigenvalue weighted by atomic mass is 10.1. The van der Waals surface area contributed by atoms with E-state index in [1.54, 1.807) is 30.3 Å². The second-order valence-electron chi connectivity index (χ2n) is 7.16. The summed E-state index contributed by atoms with van der Waals surface area (Å²) in [6.45, 7) is 0.468. The minimum Gasteiger partial charge on any atom is -0.361 e. The molecule has 0 atom stereocenters. The predicted octanol–water partition coefficient (Wildman–Crippen LogP) is 4.30. The molecular weight excluding hydrogens is 386 g/mol. The molecule has 0 saturated heterocycles. The van der Waals surface area contributed by atoms with Gasteiger partial charge in [0.1, 0.15) is 5.70 Å². The summed E-state index contributed by atoms with van der Waals surface area (Å²) >= 11 is 0. The van der Waals surface area contributed by atoms with Gasteiger partial charge in [-0.1, -0.05) is 66.7 Å². The van der Waals surface area contributed by atoms with Gasteiger partial charge in [-0.25, -0.2) is 0 Å². The third-order valence-corrected chi connectivity index (χ3v) is 4.99. The number of hydrogen-bond acceptors (Lipinski definition) is 2. The summed E-state index contributed by atoms with van der Waals surface area (Å²) in [5, 5.41) is 6.68. The molecule has 5 heteroatoms. The average molecular weight is 409 g/mol. The first-order chi connectivity index (χ1) is 15.2. The molecule has 4 rings (SSSR count). The summed E-state index contributed by atoms with van der Waals surface area (Å²) in [7, 11) is 0. The smallest absolute Gasteiger partial charge is 0.267 e. The highest BCUT2D eigenvalue weighted by atomic mass is 16.2. The molecule has 3 N–H and O–H groups in total. The Balaban J connectivity index is 1.55. The van der Waals surface area contributed by atoms with E-state index in [4.69, 9.17) is 0 Å². The molecule has 0 aliphatic heterocycles. The fraction of sp³-hybridized carbons (Fsp3) is 0.0769. The van der Waals surface area contributed by atoms with Crippen LogP contribution in [0.1, 0.15) is 21.5 Å². The molecule has 5 nitrogen and oxygen atoms in total. The summed E-state index contributed by atoms with van der Waals surface area (Å²) < 4.78 is 0. The molecule has 0 aliphatic carbocycles. The quantitative estimate of drug-likeness (QED) is 0.398. The van der Waals surface area contributed by atoms with E-state index in [0.29, 0.717) is 18.5 Å². The Morgan fingerprint density at radius 2 is 1.52 bits per heavy atom. The topological polar surface area (TPSA) is 74.0 Å². The lowest BCUT2D eigenvalue weighted by Gasteiger charge is -2.11. The summed E-state index contributed by atoms with van der Waals surface area (Å²) in [5.74, 6) is -0.657. The summed E-state index contributed by atoms with van der Waals surface area (Å²) in [6, 6.07) is 26.6. The zero-order valence-electron chi connectivity index (χ0n) is 17.0. The van der Waals surface area contributed by atoms with Crippen LogP contribution in [0.5, 0.6) is 0 Å². The van der Waals surface area contributed by atoms with Crippen LogP contribution < -0.4 is 10.6 Å². The highest BCUT2D eigenvalue weighted by Crippen LogP contribution is 2.20. The molecule has 1 aromatic heterocycles. The van der Waals surface area contributed by atoms with Gasteiger partial charge in [-0.05, 0) is 36.3 Å². The Bertz CT molecular complexity index is 1210. The van der Waals surface area contributed by atoms with E-state index in [-0.39, 0.29) is 17.5 Å². The van der Waals surface area contributed by atoms with Crippen LogP contribution >= 0.6 is 0 Å². The van der Waals surface area contributed by atoms with Crippen molar-refractivity contribution in [3.8, 4) is 0 Å². The first-order valence-electron chi connectivity index (χ1n) is 10.2. The maximum absolute atomic E-state index is 13.0. The summed E-state index contributed by atoms with van der Waals surface area (Å²) in [6.07, 6.45) is 4.24. The van der Waals surface area contributed by atoms with Crippen molar-refractivity contribution in [2.45, 2.75) is 6.42 Å². The molecule has 1 heterocycles. The molecule has 0 unspecified atom stereocenters. The maximum Gasteiger partial charge on any atom is 0.267 e. The van der Waals surface area contributed by atoms with Crippen molar-refractivity contribution in [1.29, 1.82) is 0 Å². The molecule has 0 bridgehead atoms. The van der Waals surface area contributed by atoms with E-state index in [1.807, 2.05) is 66.9 Å². The molecule has 31 heavy (non-hydrogen) atoms. The lowest BCUT2D eigenvalue weighted by Crippen LogP contribution is -2.35. The number of rotatable bonds is 7. The Labute approximate surface area is 180 Å². The summed E-state index contributed by atoms with van der Waals surface area (Å²) in [4.78, 5) is 28.9.